The SMILES string of the molecule is COC(=O)c1ccccc1CNC(=O)CN1CCc2c([nH]c3ccccc23)C1c1ccccc1. The number of amides is 1. The number of carbonyl (C=O) groups is 2. The van der Waals surface area contributed by atoms with Crippen LogP contribution in [0, 0.1) is 0 Å². The maximum absolute atomic E-state index is 13.0. The van der Waals surface area contributed by atoms with Crippen LogP contribution in [0.25, 0.3) is 10.9 Å². The van der Waals surface area contributed by atoms with E-state index in [2.05, 4.69) is 45.5 Å². The minimum atomic E-state index is -0.406. The Morgan fingerprint density at radius 3 is 2.56 bits per heavy atom. The van der Waals surface area contributed by atoms with Crippen molar-refractivity contribution in [1.29, 1.82) is 0 Å². The van der Waals surface area contributed by atoms with E-state index < -0.39 is 5.97 Å². The zero-order chi connectivity index (χ0) is 23.5. The second-order valence-electron chi connectivity index (χ2n) is 8.52. The summed E-state index contributed by atoms with van der Waals surface area (Å²) in [6.07, 6.45) is 0.876. The Bertz CT molecular complexity index is 1330. The van der Waals surface area contributed by atoms with Crippen molar-refractivity contribution in [2.45, 2.75) is 19.0 Å². The lowest BCUT2D eigenvalue weighted by Gasteiger charge is -2.35. The van der Waals surface area contributed by atoms with Crippen molar-refractivity contribution in [3.63, 3.8) is 0 Å². The molecule has 1 amide bonds. The van der Waals surface area contributed by atoms with Crippen LogP contribution in [0.15, 0.2) is 78.9 Å². The number of aromatic amines is 1. The van der Waals surface area contributed by atoms with Crippen molar-refractivity contribution in [3.8, 4) is 0 Å². The number of nitrogens with one attached hydrogen (secondary N) is 2. The molecular weight excluding hydrogens is 426 g/mol. The average Bonchev–Trinajstić information content (AvgIpc) is 3.26. The summed E-state index contributed by atoms with van der Waals surface area (Å²) in [5, 5.41) is 4.24. The number of carbonyl (C=O) groups excluding carboxylic acids is 2. The Labute approximate surface area is 198 Å². The molecule has 5 rings (SSSR count). The van der Waals surface area contributed by atoms with Crippen LogP contribution in [0.4, 0.5) is 0 Å². The lowest BCUT2D eigenvalue weighted by atomic mass is 9.92. The Kier molecular flexibility index (Phi) is 6.14. The lowest BCUT2D eigenvalue weighted by molar-refractivity contribution is -0.122. The number of benzene rings is 3. The molecule has 3 aromatic carbocycles. The maximum atomic E-state index is 13.0. The third kappa shape index (κ3) is 4.20. The van der Waals surface area contributed by atoms with Gasteiger partial charge in [-0.2, -0.15) is 0 Å². The largest absolute Gasteiger partial charge is 0.465 e. The summed E-state index contributed by atoms with van der Waals surface area (Å²) in [6, 6.07) is 25.8. The molecule has 1 unspecified atom stereocenters. The fraction of sp³-hybridized carbons (Fsp3) is 0.214. The fourth-order valence-electron chi connectivity index (χ4n) is 4.89. The van der Waals surface area contributed by atoms with Gasteiger partial charge in [-0.1, -0.05) is 66.7 Å². The smallest absolute Gasteiger partial charge is 0.338 e. The molecule has 172 valence electrons. The zero-order valence-corrected chi connectivity index (χ0v) is 19.1. The first-order chi connectivity index (χ1) is 16.7. The van der Waals surface area contributed by atoms with E-state index >= 15 is 0 Å². The molecule has 6 nitrogen and oxygen atoms in total. The summed E-state index contributed by atoms with van der Waals surface area (Å²) in [4.78, 5) is 30.9. The molecule has 1 aliphatic heterocycles. The van der Waals surface area contributed by atoms with Gasteiger partial charge in [0.1, 0.15) is 0 Å². The van der Waals surface area contributed by atoms with Gasteiger partial charge in [0.2, 0.25) is 5.91 Å². The molecule has 0 fully saturated rings. The molecule has 2 heterocycles. The Morgan fingerprint density at radius 1 is 1.00 bits per heavy atom. The van der Waals surface area contributed by atoms with E-state index in [-0.39, 0.29) is 25.0 Å². The van der Waals surface area contributed by atoms with Gasteiger partial charge in [-0.05, 0) is 35.2 Å². The lowest BCUT2D eigenvalue weighted by Crippen LogP contribution is -2.43. The van der Waals surface area contributed by atoms with E-state index in [9.17, 15) is 9.59 Å². The first kappa shape index (κ1) is 21.9. The third-order valence-electron chi connectivity index (χ3n) is 6.49. The average molecular weight is 454 g/mol. The van der Waals surface area contributed by atoms with Crippen LogP contribution in [-0.4, -0.2) is 42.0 Å². The third-order valence-corrected chi connectivity index (χ3v) is 6.49. The number of para-hydroxylation sites is 1. The highest BCUT2D eigenvalue weighted by molar-refractivity contribution is 5.91. The number of esters is 1. The fourth-order valence-corrected chi connectivity index (χ4v) is 4.89. The number of methoxy groups -OCH3 is 1. The van der Waals surface area contributed by atoms with Crippen molar-refractivity contribution in [3.05, 3.63) is 107 Å². The minimum Gasteiger partial charge on any atom is -0.465 e. The molecule has 2 N–H and O–H groups in total. The minimum absolute atomic E-state index is 0.0366. The summed E-state index contributed by atoms with van der Waals surface area (Å²) in [5.41, 5.74) is 5.96. The van der Waals surface area contributed by atoms with E-state index in [0.717, 1.165) is 35.3 Å². The van der Waals surface area contributed by atoms with E-state index in [1.54, 1.807) is 12.1 Å². The molecule has 0 aliphatic carbocycles. The van der Waals surface area contributed by atoms with Crippen molar-refractivity contribution < 1.29 is 14.3 Å². The molecule has 0 radical (unpaired) electrons. The second-order valence-corrected chi connectivity index (χ2v) is 8.52. The summed E-state index contributed by atoms with van der Waals surface area (Å²) in [5.74, 6) is -0.489. The van der Waals surface area contributed by atoms with Crippen molar-refractivity contribution >= 4 is 22.8 Å². The predicted molar refractivity (Wildman–Crippen MR) is 131 cm³/mol. The van der Waals surface area contributed by atoms with Gasteiger partial charge >= 0.3 is 5.97 Å². The highest BCUT2D eigenvalue weighted by atomic mass is 16.5. The standard InChI is InChI=1S/C28H27N3O3/c1-34-28(33)21-12-6-5-11-20(21)17-29-25(32)18-31-16-15-23-22-13-7-8-14-24(22)30-26(23)27(31)19-9-3-2-4-10-19/h2-14,27,30H,15-18H2,1H3,(H,29,32). The predicted octanol–water partition coefficient (Wildman–Crippen LogP) is 4.22. The topological polar surface area (TPSA) is 74.4 Å². The van der Waals surface area contributed by atoms with Crippen LogP contribution in [0.1, 0.15) is 38.8 Å². The maximum Gasteiger partial charge on any atom is 0.338 e. The zero-order valence-electron chi connectivity index (χ0n) is 19.1. The molecule has 1 aliphatic rings. The first-order valence-corrected chi connectivity index (χ1v) is 11.5. The molecule has 0 saturated carbocycles. The quantitative estimate of drug-likeness (QED) is 0.429. The van der Waals surface area contributed by atoms with Crippen LogP contribution >= 0.6 is 0 Å². The van der Waals surface area contributed by atoms with Gasteiger partial charge < -0.3 is 15.0 Å². The van der Waals surface area contributed by atoms with E-state index in [4.69, 9.17) is 4.74 Å². The molecule has 0 spiro atoms. The first-order valence-electron chi connectivity index (χ1n) is 11.5. The highest BCUT2D eigenvalue weighted by Gasteiger charge is 2.32. The number of nitrogens with zero attached hydrogens (tertiary/aromatic N) is 1. The number of rotatable bonds is 6. The van der Waals surface area contributed by atoms with Gasteiger partial charge in [0.25, 0.3) is 0 Å². The number of aromatic nitrogens is 1. The van der Waals surface area contributed by atoms with E-state index in [0.29, 0.717) is 5.56 Å². The Hall–Kier alpha value is -3.90. The summed E-state index contributed by atoms with van der Waals surface area (Å²) >= 11 is 0. The molecular formula is C28H27N3O3. The molecule has 4 aromatic rings. The molecule has 6 heteroatoms. The molecule has 1 atom stereocenters. The van der Waals surface area contributed by atoms with E-state index in [1.165, 1.54) is 18.1 Å². The number of H-pyrrole nitrogens is 1. The van der Waals surface area contributed by atoms with Gasteiger partial charge in [0, 0.05) is 29.7 Å². The van der Waals surface area contributed by atoms with Crippen molar-refractivity contribution in [2.24, 2.45) is 0 Å². The summed E-state index contributed by atoms with van der Waals surface area (Å²) < 4.78 is 4.86. The van der Waals surface area contributed by atoms with Gasteiger partial charge in [-0.25, -0.2) is 4.79 Å². The van der Waals surface area contributed by atoms with Crippen LogP contribution < -0.4 is 5.32 Å². The van der Waals surface area contributed by atoms with Gasteiger partial charge in [-0.15, -0.1) is 0 Å². The van der Waals surface area contributed by atoms with Gasteiger partial charge in [-0.3, -0.25) is 9.69 Å². The number of fused-ring (bicyclic) bond motifs is 3. The van der Waals surface area contributed by atoms with Gasteiger partial charge in [0.05, 0.1) is 25.3 Å². The monoisotopic (exact) mass is 453 g/mol. The normalized spacial score (nSPS) is 15.6. The highest BCUT2D eigenvalue weighted by Crippen LogP contribution is 2.38. The van der Waals surface area contributed by atoms with E-state index in [1.807, 2.05) is 36.4 Å². The number of hydrogen-bond donors (Lipinski definition) is 2. The van der Waals surface area contributed by atoms with Crippen LogP contribution in [0.5, 0.6) is 0 Å². The number of ether oxygens (including phenoxy) is 1. The summed E-state index contributed by atoms with van der Waals surface area (Å²) in [7, 11) is 1.36. The Balaban J connectivity index is 1.38. The molecule has 0 saturated heterocycles. The molecule has 1 aromatic heterocycles. The number of hydrogen-bond acceptors (Lipinski definition) is 4. The van der Waals surface area contributed by atoms with Crippen molar-refractivity contribution in [1.82, 2.24) is 15.2 Å². The van der Waals surface area contributed by atoms with Crippen LogP contribution in [0.2, 0.25) is 0 Å². The Morgan fingerprint density at radius 2 is 1.74 bits per heavy atom. The van der Waals surface area contributed by atoms with Crippen LogP contribution in [-0.2, 0) is 22.5 Å². The molecule has 0 bridgehead atoms. The van der Waals surface area contributed by atoms with Gasteiger partial charge in [0.15, 0.2) is 0 Å². The molecule has 34 heavy (non-hydrogen) atoms. The van der Waals surface area contributed by atoms with Crippen molar-refractivity contribution in [2.75, 3.05) is 20.2 Å². The van der Waals surface area contributed by atoms with Crippen LogP contribution in [0.3, 0.4) is 0 Å². The second kappa shape index (κ2) is 9.53. The summed E-state index contributed by atoms with van der Waals surface area (Å²) in [6.45, 7) is 1.31.